The topological polar surface area (TPSA) is 96.7 Å². The smallest absolute Gasteiger partial charge is 0.331 e. The van der Waals surface area contributed by atoms with Crippen LogP contribution in [0.3, 0.4) is 0 Å². The van der Waals surface area contributed by atoms with Crippen molar-refractivity contribution in [3.05, 3.63) is 26.4 Å². The molecule has 0 spiro atoms. The summed E-state index contributed by atoms with van der Waals surface area (Å²) in [4.78, 5) is 30.4. The molecule has 2 N–H and O–H groups in total. The first-order valence-corrected chi connectivity index (χ1v) is 7.73. The standard InChI is InChI=1S/C15H23N3O4/c1-3-4-7-18-14(20)12(13(19)17-15(18)21)10(2)16-9-11-6-5-8-22-11/h11,20H,3-9H2,1-2H3,(H,17,19,21). The van der Waals surface area contributed by atoms with Crippen molar-refractivity contribution in [2.45, 2.75) is 52.2 Å². The fourth-order valence-corrected chi connectivity index (χ4v) is 2.52. The molecule has 1 saturated heterocycles. The summed E-state index contributed by atoms with van der Waals surface area (Å²) in [7, 11) is 0. The molecule has 122 valence electrons. The Balaban J connectivity index is 2.30. The summed E-state index contributed by atoms with van der Waals surface area (Å²) in [5.41, 5.74) is -0.719. The Hall–Kier alpha value is -1.89. The summed E-state index contributed by atoms with van der Waals surface area (Å²) in [5.74, 6) is -0.309. The van der Waals surface area contributed by atoms with Gasteiger partial charge < -0.3 is 9.84 Å². The second-order valence-electron chi connectivity index (χ2n) is 5.52. The minimum absolute atomic E-state index is 0.0636. The Morgan fingerprint density at radius 1 is 1.50 bits per heavy atom. The maximum absolute atomic E-state index is 12.0. The van der Waals surface area contributed by atoms with Crippen LogP contribution in [0.25, 0.3) is 0 Å². The van der Waals surface area contributed by atoms with Crippen molar-refractivity contribution in [2.75, 3.05) is 13.2 Å². The third-order valence-corrected chi connectivity index (χ3v) is 3.83. The van der Waals surface area contributed by atoms with E-state index in [1.165, 1.54) is 4.57 Å². The molecule has 0 aromatic carbocycles. The number of rotatable bonds is 6. The van der Waals surface area contributed by atoms with Crippen LogP contribution in [0.4, 0.5) is 0 Å². The van der Waals surface area contributed by atoms with Crippen LogP contribution in [-0.4, -0.2) is 39.6 Å². The summed E-state index contributed by atoms with van der Waals surface area (Å²) in [6.07, 6.45) is 3.67. The number of aromatic hydroxyl groups is 1. The van der Waals surface area contributed by atoms with Gasteiger partial charge in [0, 0.05) is 18.9 Å². The highest BCUT2D eigenvalue weighted by Gasteiger charge is 2.18. The molecule has 2 heterocycles. The predicted molar refractivity (Wildman–Crippen MR) is 83.9 cm³/mol. The zero-order valence-electron chi connectivity index (χ0n) is 13.1. The lowest BCUT2D eigenvalue weighted by atomic mass is 10.2. The van der Waals surface area contributed by atoms with Crippen molar-refractivity contribution in [3.63, 3.8) is 0 Å². The van der Waals surface area contributed by atoms with Crippen molar-refractivity contribution in [1.82, 2.24) is 9.55 Å². The quantitative estimate of drug-likeness (QED) is 0.767. The molecule has 0 bridgehead atoms. The van der Waals surface area contributed by atoms with E-state index in [9.17, 15) is 14.7 Å². The van der Waals surface area contributed by atoms with E-state index in [-0.39, 0.29) is 17.5 Å². The second kappa shape index (κ2) is 7.40. The van der Waals surface area contributed by atoms with Gasteiger partial charge in [-0.15, -0.1) is 0 Å². The number of aromatic nitrogens is 2. The lowest BCUT2D eigenvalue weighted by molar-refractivity contribution is 0.118. The minimum atomic E-state index is -0.608. The van der Waals surface area contributed by atoms with E-state index in [2.05, 4.69) is 9.98 Å². The fraction of sp³-hybridized carbons (Fsp3) is 0.667. The van der Waals surface area contributed by atoms with E-state index in [1.807, 2.05) is 6.92 Å². The number of hydrogen-bond donors (Lipinski definition) is 2. The highest BCUT2D eigenvalue weighted by Crippen LogP contribution is 2.15. The molecule has 2 rings (SSSR count). The third-order valence-electron chi connectivity index (χ3n) is 3.83. The molecular formula is C15H23N3O4. The number of H-pyrrole nitrogens is 1. The van der Waals surface area contributed by atoms with Crippen LogP contribution in [-0.2, 0) is 11.3 Å². The monoisotopic (exact) mass is 309 g/mol. The SMILES string of the molecule is CCCCn1c(O)c(C(C)=NCC2CCCO2)c(=O)[nH]c1=O. The van der Waals surface area contributed by atoms with Crippen LogP contribution in [0.2, 0.25) is 0 Å². The van der Waals surface area contributed by atoms with Crippen LogP contribution in [0.1, 0.15) is 45.1 Å². The van der Waals surface area contributed by atoms with Crippen LogP contribution in [0, 0.1) is 0 Å². The first-order valence-electron chi connectivity index (χ1n) is 7.73. The predicted octanol–water partition coefficient (Wildman–Crippen LogP) is 1.03. The number of hydrogen-bond acceptors (Lipinski definition) is 5. The van der Waals surface area contributed by atoms with Crippen molar-refractivity contribution >= 4 is 5.71 Å². The Labute approximate surface area is 128 Å². The Kier molecular flexibility index (Phi) is 5.54. The summed E-state index contributed by atoms with van der Waals surface area (Å²) >= 11 is 0. The van der Waals surface area contributed by atoms with E-state index < -0.39 is 11.2 Å². The zero-order chi connectivity index (χ0) is 16.1. The van der Waals surface area contributed by atoms with Gasteiger partial charge >= 0.3 is 5.69 Å². The average molecular weight is 309 g/mol. The molecule has 7 nitrogen and oxygen atoms in total. The van der Waals surface area contributed by atoms with Gasteiger partial charge in [-0.25, -0.2) is 4.79 Å². The van der Waals surface area contributed by atoms with Gasteiger partial charge in [0.25, 0.3) is 5.56 Å². The summed E-state index contributed by atoms with van der Waals surface area (Å²) in [5, 5.41) is 10.3. The molecule has 1 fully saturated rings. The summed E-state index contributed by atoms with van der Waals surface area (Å²) in [6, 6.07) is 0. The lowest BCUT2D eigenvalue weighted by Crippen LogP contribution is -2.33. The molecule has 7 heteroatoms. The molecule has 1 aliphatic heterocycles. The minimum Gasteiger partial charge on any atom is -0.494 e. The molecular weight excluding hydrogens is 286 g/mol. The van der Waals surface area contributed by atoms with E-state index in [0.717, 1.165) is 32.3 Å². The van der Waals surface area contributed by atoms with Crippen LogP contribution >= 0.6 is 0 Å². The molecule has 1 atom stereocenters. The van der Waals surface area contributed by atoms with Crippen LogP contribution in [0.5, 0.6) is 5.88 Å². The molecule has 1 unspecified atom stereocenters. The van der Waals surface area contributed by atoms with E-state index in [1.54, 1.807) is 6.92 Å². The maximum atomic E-state index is 12.0. The van der Waals surface area contributed by atoms with Crippen LogP contribution in [0.15, 0.2) is 14.6 Å². The summed E-state index contributed by atoms with van der Waals surface area (Å²) in [6.45, 7) is 5.21. The van der Waals surface area contributed by atoms with Gasteiger partial charge in [0.05, 0.1) is 12.6 Å². The first kappa shape index (κ1) is 16.5. The van der Waals surface area contributed by atoms with Gasteiger partial charge in [-0.1, -0.05) is 13.3 Å². The zero-order valence-corrected chi connectivity index (χ0v) is 13.1. The first-order chi connectivity index (χ1) is 10.5. The van der Waals surface area contributed by atoms with Gasteiger partial charge in [0.15, 0.2) is 0 Å². The van der Waals surface area contributed by atoms with Crippen molar-refractivity contribution in [3.8, 4) is 5.88 Å². The number of aromatic amines is 1. The average Bonchev–Trinajstić information content (AvgIpc) is 2.98. The van der Waals surface area contributed by atoms with Crippen LogP contribution < -0.4 is 11.2 Å². The Bertz CT molecular complexity index is 654. The van der Waals surface area contributed by atoms with E-state index in [4.69, 9.17) is 4.74 Å². The van der Waals surface area contributed by atoms with E-state index >= 15 is 0 Å². The molecule has 0 amide bonds. The summed E-state index contributed by atoms with van der Waals surface area (Å²) < 4.78 is 6.67. The fourth-order valence-electron chi connectivity index (χ4n) is 2.52. The van der Waals surface area contributed by atoms with Crippen molar-refractivity contribution in [1.29, 1.82) is 0 Å². The number of nitrogens with one attached hydrogen (secondary N) is 1. The molecule has 22 heavy (non-hydrogen) atoms. The highest BCUT2D eigenvalue weighted by molar-refractivity contribution is 6.00. The van der Waals surface area contributed by atoms with Gasteiger partial charge in [0.1, 0.15) is 5.56 Å². The number of aliphatic imine (C=N–C) groups is 1. The largest absolute Gasteiger partial charge is 0.494 e. The normalized spacial score (nSPS) is 18.8. The highest BCUT2D eigenvalue weighted by atomic mass is 16.5. The Morgan fingerprint density at radius 3 is 2.91 bits per heavy atom. The van der Waals surface area contributed by atoms with E-state index in [0.29, 0.717) is 18.8 Å². The Morgan fingerprint density at radius 2 is 2.27 bits per heavy atom. The third kappa shape index (κ3) is 3.65. The second-order valence-corrected chi connectivity index (χ2v) is 5.52. The number of unbranched alkanes of at least 4 members (excludes halogenated alkanes) is 1. The molecule has 1 aromatic heterocycles. The molecule has 0 aliphatic carbocycles. The number of ether oxygens (including phenoxy) is 1. The molecule has 0 saturated carbocycles. The van der Waals surface area contributed by atoms with Gasteiger partial charge in [-0.05, 0) is 26.2 Å². The lowest BCUT2D eigenvalue weighted by Gasteiger charge is -2.11. The molecule has 1 aromatic rings. The van der Waals surface area contributed by atoms with Gasteiger partial charge in [-0.3, -0.25) is 19.3 Å². The molecule has 1 aliphatic rings. The van der Waals surface area contributed by atoms with Gasteiger partial charge in [0.2, 0.25) is 5.88 Å². The molecule has 0 radical (unpaired) electrons. The van der Waals surface area contributed by atoms with Crippen molar-refractivity contribution in [2.24, 2.45) is 4.99 Å². The number of nitrogens with zero attached hydrogens (tertiary/aromatic N) is 2. The van der Waals surface area contributed by atoms with Gasteiger partial charge in [-0.2, -0.15) is 0 Å². The van der Waals surface area contributed by atoms with Crippen molar-refractivity contribution < 1.29 is 9.84 Å². The maximum Gasteiger partial charge on any atom is 0.331 e.